The van der Waals surface area contributed by atoms with Gasteiger partial charge in [-0.3, -0.25) is 9.48 Å². The third-order valence-corrected chi connectivity index (χ3v) is 8.10. The summed E-state index contributed by atoms with van der Waals surface area (Å²) in [6.07, 6.45) is 9.12. The average Bonchev–Trinajstić information content (AvgIpc) is 3.44. The molecule has 1 amide bonds. The Kier molecular flexibility index (Phi) is 5.61. The number of nitrogens with one attached hydrogen (secondary N) is 1. The van der Waals surface area contributed by atoms with Gasteiger partial charge in [-0.05, 0) is 23.8 Å². The molecule has 1 saturated heterocycles. The van der Waals surface area contributed by atoms with Crippen LogP contribution >= 0.6 is 0 Å². The quantitative estimate of drug-likeness (QED) is 0.346. The summed E-state index contributed by atoms with van der Waals surface area (Å²) in [6.45, 7) is 1.68. The van der Waals surface area contributed by atoms with Gasteiger partial charge in [-0.1, -0.05) is 30.3 Å². The summed E-state index contributed by atoms with van der Waals surface area (Å²) in [5, 5.41) is 21.6. The van der Waals surface area contributed by atoms with Gasteiger partial charge in [-0.15, -0.1) is 0 Å². The number of carbonyl (C=O) groups is 1. The first kappa shape index (κ1) is 24.1. The molecule has 2 fully saturated rings. The van der Waals surface area contributed by atoms with Crippen molar-refractivity contribution in [1.29, 1.82) is 5.26 Å². The highest BCUT2D eigenvalue weighted by molar-refractivity contribution is 5.87. The van der Waals surface area contributed by atoms with Gasteiger partial charge in [0, 0.05) is 78.9 Å². The Labute approximate surface area is 230 Å². The lowest BCUT2D eigenvalue weighted by atomic mass is 10.0. The van der Waals surface area contributed by atoms with Crippen LogP contribution in [0.4, 0.5) is 5.82 Å². The summed E-state index contributed by atoms with van der Waals surface area (Å²) in [5.74, 6) is 1.56. The first-order valence-electron chi connectivity index (χ1n) is 13.2. The number of piperidine rings is 1. The molecule has 3 N–H and O–H groups in total. The van der Waals surface area contributed by atoms with Crippen LogP contribution in [0.2, 0.25) is 0 Å². The normalized spacial score (nSPS) is 20.2. The van der Waals surface area contributed by atoms with E-state index in [0.717, 1.165) is 52.2 Å². The minimum Gasteiger partial charge on any atom is -0.356 e. The monoisotopic (exact) mass is 529 g/mol. The smallest absolute Gasteiger partial charge is 0.241 e. The fraction of sp³-hybridized carbons (Fsp3) is 0.233. The van der Waals surface area contributed by atoms with Crippen molar-refractivity contribution in [3.8, 4) is 28.3 Å². The van der Waals surface area contributed by atoms with Gasteiger partial charge in [0.1, 0.15) is 17.9 Å². The molecule has 1 saturated carbocycles. The number of nitriles is 1. The highest BCUT2D eigenvalue weighted by Crippen LogP contribution is 2.46. The summed E-state index contributed by atoms with van der Waals surface area (Å²) in [7, 11) is 1.88. The molecule has 40 heavy (non-hydrogen) atoms. The number of rotatable bonds is 6. The fourth-order valence-corrected chi connectivity index (χ4v) is 5.88. The SMILES string of the molecule is Cn1cc(-c2cc(-c3ccc(N4CC5C(C4)C5NC(=O)C(N)c4ccccc4)nc3)c3c(C#N)cnn3c2)cn1. The number of hydrogen-bond acceptors (Lipinski definition) is 7. The third-order valence-electron chi connectivity index (χ3n) is 8.10. The zero-order chi connectivity index (χ0) is 27.4. The van der Waals surface area contributed by atoms with Crippen LogP contribution in [0.25, 0.3) is 27.8 Å². The predicted octanol–water partition coefficient (Wildman–Crippen LogP) is 2.92. The first-order chi connectivity index (χ1) is 19.5. The second-order valence-electron chi connectivity index (χ2n) is 10.6. The molecule has 5 aromatic rings. The van der Waals surface area contributed by atoms with Gasteiger partial charge in [0.15, 0.2) is 0 Å². The lowest BCUT2D eigenvalue weighted by Gasteiger charge is -2.22. The molecule has 1 aliphatic heterocycles. The Morgan fingerprint density at radius 3 is 2.50 bits per heavy atom. The molecule has 0 radical (unpaired) electrons. The Hall–Kier alpha value is -5.01. The first-order valence-corrected chi connectivity index (χ1v) is 13.2. The molecule has 10 heteroatoms. The van der Waals surface area contributed by atoms with Crippen molar-refractivity contribution >= 4 is 17.2 Å². The molecule has 10 nitrogen and oxygen atoms in total. The van der Waals surface area contributed by atoms with E-state index in [4.69, 9.17) is 10.7 Å². The van der Waals surface area contributed by atoms with Crippen LogP contribution in [-0.2, 0) is 11.8 Å². The average molecular weight is 530 g/mol. The van der Waals surface area contributed by atoms with Crippen LogP contribution in [0.3, 0.4) is 0 Å². The molecule has 3 unspecified atom stereocenters. The Morgan fingerprint density at radius 1 is 1.02 bits per heavy atom. The van der Waals surface area contributed by atoms with E-state index in [2.05, 4.69) is 32.5 Å². The minimum absolute atomic E-state index is 0.129. The number of nitrogens with zero attached hydrogens (tertiary/aromatic N) is 7. The summed E-state index contributed by atoms with van der Waals surface area (Å²) < 4.78 is 3.50. The van der Waals surface area contributed by atoms with E-state index in [1.807, 2.05) is 74.3 Å². The molecule has 7 rings (SSSR count). The number of aromatic nitrogens is 5. The van der Waals surface area contributed by atoms with Gasteiger partial charge in [0.2, 0.25) is 5.91 Å². The molecule has 0 bridgehead atoms. The van der Waals surface area contributed by atoms with Gasteiger partial charge < -0.3 is 16.0 Å². The van der Waals surface area contributed by atoms with Crippen molar-refractivity contribution in [2.75, 3.05) is 18.0 Å². The van der Waals surface area contributed by atoms with Gasteiger partial charge >= 0.3 is 0 Å². The molecule has 2 aliphatic rings. The number of anilines is 1. The lowest BCUT2D eigenvalue weighted by Crippen LogP contribution is -2.39. The van der Waals surface area contributed by atoms with E-state index < -0.39 is 6.04 Å². The molecular formula is C30H27N9O. The van der Waals surface area contributed by atoms with Gasteiger partial charge in [-0.25, -0.2) is 9.50 Å². The van der Waals surface area contributed by atoms with Crippen molar-refractivity contribution in [3.63, 3.8) is 0 Å². The number of pyridine rings is 2. The molecule has 3 atom stereocenters. The van der Waals surface area contributed by atoms with Gasteiger partial charge in [-0.2, -0.15) is 15.5 Å². The molecule has 1 aromatic carbocycles. The van der Waals surface area contributed by atoms with Crippen LogP contribution in [0.5, 0.6) is 0 Å². The van der Waals surface area contributed by atoms with Crippen molar-refractivity contribution in [1.82, 2.24) is 29.7 Å². The third kappa shape index (κ3) is 4.08. The van der Waals surface area contributed by atoms with Crippen molar-refractivity contribution in [2.24, 2.45) is 24.6 Å². The maximum absolute atomic E-state index is 12.7. The summed E-state index contributed by atoms with van der Waals surface area (Å²) in [5.41, 5.74) is 12.0. The second-order valence-corrected chi connectivity index (χ2v) is 10.6. The summed E-state index contributed by atoms with van der Waals surface area (Å²) in [6, 6.07) is 17.3. The van der Waals surface area contributed by atoms with Crippen LogP contribution in [0, 0.1) is 23.2 Å². The van der Waals surface area contributed by atoms with Crippen LogP contribution < -0.4 is 16.0 Å². The van der Waals surface area contributed by atoms with E-state index in [1.54, 1.807) is 15.4 Å². The number of nitrogens with two attached hydrogens (primary N) is 1. The number of benzene rings is 1. The van der Waals surface area contributed by atoms with Crippen molar-refractivity contribution in [3.05, 3.63) is 90.6 Å². The van der Waals surface area contributed by atoms with E-state index in [9.17, 15) is 10.1 Å². The van der Waals surface area contributed by atoms with Crippen LogP contribution in [0.1, 0.15) is 17.2 Å². The molecule has 1 aliphatic carbocycles. The summed E-state index contributed by atoms with van der Waals surface area (Å²) in [4.78, 5) is 19.7. The Balaban J connectivity index is 1.07. The number of fused-ring (bicyclic) bond motifs is 2. The minimum atomic E-state index is -0.659. The van der Waals surface area contributed by atoms with E-state index in [0.29, 0.717) is 17.4 Å². The molecule has 5 heterocycles. The standard InChI is InChI=1S/C30H27N9O/c1-37-14-22(13-34-37)20-9-23(29-21(10-31)12-35-39(29)15-20)19-7-8-26(33-11-19)38-16-24-25(17-38)28(24)36-30(40)27(32)18-5-3-2-4-6-18/h2-9,11-15,24-25,27-28H,16-17,32H2,1H3,(H,36,40). The topological polar surface area (TPSA) is 130 Å². The van der Waals surface area contributed by atoms with E-state index in [-0.39, 0.29) is 11.9 Å². The van der Waals surface area contributed by atoms with E-state index in [1.165, 1.54) is 0 Å². The zero-order valence-corrected chi connectivity index (χ0v) is 21.8. The van der Waals surface area contributed by atoms with Crippen LogP contribution in [-0.4, -0.2) is 49.4 Å². The van der Waals surface area contributed by atoms with Crippen molar-refractivity contribution in [2.45, 2.75) is 12.1 Å². The number of carbonyl (C=O) groups excluding carboxylic acids is 1. The molecule has 198 valence electrons. The Bertz CT molecular complexity index is 1750. The van der Waals surface area contributed by atoms with E-state index >= 15 is 0 Å². The molecule has 0 spiro atoms. The zero-order valence-electron chi connectivity index (χ0n) is 21.8. The van der Waals surface area contributed by atoms with Gasteiger partial charge in [0.25, 0.3) is 0 Å². The number of amides is 1. The van der Waals surface area contributed by atoms with Crippen LogP contribution in [0.15, 0.2) is 79.5 Å². The lowest BCUT2D eigenvalue weighted by molar-refractivity contribution is -0.122. The number of aryl methyl sites for hydroxylation is 1. The predicted molar refractivity (Wildman–Crippen MR) is 150 cm³/mol. The van der Waals surface area contributed by atoms with Crippen molar-refractivity contribution < 1.29 is 4.79 Å². The Morgan fingerprint density at radius 2 is 1.82 bits per heavy atom. The fourth-order valence-electron chi connectivity index (χ4n) is 5.88. The largest absolute Gasteiger partial charge is 0.356 e. The molecular weight excluding hydrogens is 502 g/mol. The van der Waals surface area contributed by atoms with Gasteiger partial charge in [0.05, 0.1) is 23.5 Å². The summed E-state index contributed by atoms with van der Waals surface area (Å²) >= 11 is 0. The molecule has 4 aromatic heterocycles. The highest BCUT2D eigenvalue weighted by atomic mass is 16.2. The highest BCUT2D eigenvalue weighted by Gasteiger charge is 2.57. The maximum Gasteiger partial charge on any atom is 0.241 e. The number of hydrogen-bond donors (Lipinski definition) is 2. The maximum atomic E-state index is 12.7. The second kappa shape index (κ2) is 9.32.